The lowest BCUT2D eigenvalue weighted by molar-refractivity contribution is -0.138. The Morgan fingerprint density at radius 2 is 0.852 bits per heavy atom. The topological polar surface area (TPSA) is 156 Å². The second kappa shape index (κ2) is 16.1. The molecule has 7 rings (SSSR count). The maximum atomic E-state index is 10.9. The van der Waals surface area contributed by atoms with E-state index in [-0.39, 0.29) is 12.8 Å². The van der Waals surface area contributed by atoms with Crippen LogP contribution in [0, 0.1) is 0 Å². The molecule has 5 heterocycles. The molecule has 10 heteroatoms. The van der Waals surface area contributed by atoms with Crippen LogP contribution in [0.2, 0.25) is 0 Å². The third kappa shape index (κ3) is 7.83. The summed E-state index contributed by atoms with van der Waals surface area (Å²) in [5.74, 6) is -0.268. The van der Waals surface area contributed by atoms with Crippen LogP contribution in [0.3, 0.4) is 0 Å². The molecule has 1 aliphatic heterocycles. The van der Waals surface area contributed by atoms with E-state index in [1.54, 1.807) is 0 Å². The zero-order valence-corrected chi connectivity index (χ0v) is 30.4. The van der Waals surface area contributed by atoms with Crippen LogP contribution in [0.4, 0.5) is 0 Å². The van der Waals surface area contributed by atoms with Crippen LogP contribution in [0.5, 0.6) is 11.5 Å². The molecule has 0 aliphatic carbocycles. The van der Waals surface area contributed by atoms with Crippen molar-refractivity contribution in [3.8, 4) is 11.5 Å². The van der Waals surface area contributed by atoms with E-state index in [2.05, 4.69) is 82.3 Å². The molecule has 6 N–H and O–H groups in total. The van der Waals surface area contributed by atoms with Gasteiger partial charge in [-0.15, -0.1) is 0 Å². The fourth-order valence-electron chi connectivity index (χ4n) is 7.09. The molecule has 54 heavy (non-hydrogen) atoms. The lowest BCUT2D eigenvalue weighted by Crippen LogP contribution is -2.18. The van der Waals surface area contributed by atoms with E-state index >= 15 is 0 Å². The van der Waals surface area contributed by atoms with Gasteiger partial charge in [-0.3, -0.25) is 9.59 Å². The molecule has 0 amide bonds. The molecule has 0 radical (unpaired) electrons. The van der Waals surface area contributed by atoms with Crippen molar-refractivity contribution in [2.45, 2.75) is 52.4 Å². The highest BCUT2D eigenvalue weighted by Gasteiger charge is 2.16. The first-order chi connectivity index (χ1) is 26.3. The predicted molar refractivity (Wildman–Crippen MR) is 208 cm³/mol. The summed E-state index contributed by atoms with van der Waals surface area (Å²) in [5.41, 5.74) is 10.3. The van der Waals surface area contributed by atoms with Crippen LogP contribution in [0.25, 0.3) is 22.3 Å². The summed E-state index contributed by atoms with van der Waals surface area (Å²) in [6.07, 6.45) is 2.63. The van der Waals surface area contributed by atoms with Crippen molar-refractivity contribution in [1.82, 2.24) is 19.9 Å². The molecule has 1 aliphatic rings. The summed E-state index contributed by atoms with van der Waals surface area (Å²) in [6, 6.07) is 32.9. The molecule has 0 spiro atoms. The number of hydrogen-bond donors (Lipinski definition) is 6. The average molecular weight is 725 g/mol. The minimum absolute atomic E-state index is 0.0738. The Labute approximate surface area is 312 Å². The maximum absolute atomic E-state index is 10.9. The molecule has 276 valence electrons. The Bertz CT molecular complexity index is 2350. The molecule has 0 saturated heterocycles. The van der Waals surface area contributed by atoms with Gasteiger partial charge >= 0.3 is 11.9 Å². The molecule has 2 aromatic carbocycles. The first-order valence-electron chi connectivity index (χ1n) is 18.5. The number of carboxylic acids is 2. The second-order valence-corrected chi connectivity index (χ2v) is 13.3. The van der Waals surface area contributed by atoms with Crippen molar-refractivity contribution in [3.63, 3.8) is 0 Å². The predicted octanol–water partition coefficient (Wildman–Crippen LogP) is 5.51. The monoisotopic (exact) mass is 724 g/mol. The van der Waals surface area contributed by atoms with Crippen LogP contribution in [-0.4, -0.2) is 55.3 Å². The minimum atomic E-state index is -0.828. The first kappa shape index (κ1) is 36.0. The van der Waals surface area contributed by atoms with Gasteiger partial charge in [-0.05, 0) is 121 Å². The first-order valence-corrected chi connectivity index (χ1v) is 18.5. The summed E-state index contributed by atoms with van der Waals surface area (Å²) < 4.78 is 11.7. The van der Waals surface area contributed by atoms with Gasteiger partial charge in [0.25, 0.3) is 0 Å². The largest absolute Gasteiger partial charge is 0.494 e. The Kier molecular flexibility index (Phi) is 10.7. The standard InChI is InChI=1S/C44H44N4O6/c1-3-31-33-17-21-37(45-33)43(27-9-13-29(14-10-27)53-25-5-7-41(49)50)39-23-19-35(47-39)32(4-2)36-20-24-40(48-36)44(38-22-18-34(31)46-38)28-11-15-30(16-12-28)54-26-6-8-42(51)52/h9-24,45-48H,3-8,25-26H2,1-2H3,(H,49,50)(H,51,52). The second-order valence-electron chi connectivity index (χ2n) is 13.3. The molecule has 0 fully saturated rings. The van der Waals surface area contributed by atoms with Crippen molar-refractivity contribution in [2.75, 3.05) is 13.2 Å². The lowest BCUT2D eigenvalue weighted by atomic mass is 10.0. The number of ether oxygens (including phenoxy) is 2. The van der Waals surface area contributed by atoms with Gasteiger partial charge in [-0.25, -0.2) is 0 Å². The van der Waals surface area contributed by atoms with E-state index < -0.39 is 11.9 Å². The maximum Gasteiger partial charge on any atom is 0.303 e. The molecule has 0 unspecified atom stereocenters. The number of carbonyl (C=O) groups is 2. The molecule has 8 bridgehead atoms. The van der Waals surface area contributed by atoms with Gasteiger partial charge in [0.2, 0.25) is 0 Å². The number of hydrogen-bond acceptors (Lipinski definition) is 4. The van der Waals surface area contributed by atoms with E-state index in [0.717, 1.165) is 90.4 Å². The number of aliphatic carboxylic acids is 2. The quantitative estimate of drug-likeness (QED) is 0.0814. The number of nitrogens with one attached hydrogen (secondary N) is 4. The third-order valence-corrected chi connectivity index (χ3v) is 9.72. The molecule has 10 nitrogen and oxygen atoms in total. The number of aromatic nitrogens is 4. The number of rotatable bonds is 14. The molecule has 0 atom stereocenters. The van der Waals surface area contributed by atoms with E-state index in [1.165, 1.54) is 0 Å². The zero-order chi connectivity index (χ0) is 37.6. The van der Waals surface area contributed by atoms with Gasteiger partial charge in [-0.1, -0.05) is 38.1 Å². The number of H-pyrrole nitrogens is 4. The van der Waals surface area contributed by atoms with Crippen molar-refractivity contribution < 1.29 is 29.3 Å². The Morgan fingerprint density at radius 1 is 0.481 bits per heavy atom. The van der Waals surface area contributed by atoms with Gasteiger partial charge in [-0.2, -0.15) is 0 Å². The molecule has 6 aromatic rings. The van der Waals surface area contributed by atoms with E-state index in [4.69, 9.17) is 19.7 Å². The number of carboxylic acid groups (broad SMARTS) is 2. The zero-order valence-electron chi connectivity index (χ0n) is 30.4. The van der Waals surface area contributed by atoms with Crippen molar-refractivity contribution in [3.05, 3.63) is 152 Å². The fraction of sp³-hybridized carbons (Fsp3) is 0.227. The molecule has 4 aromatic heterocycles. The van der Waals surface area contributed by atoms with Crippen molar-refractivity contribution in [1.29, 1.82) is 0 Å². The highest BCUT2D eigenvalue weighted by Crippen LogP contribution is 2.27. The molecular formula is C44H44N4O6. The highest BCUT2D eigenvalue weighted by molar-refractivity contribution is 5.81. The van der Waals surface area contributed by atoms with Crippen LogP contribution >= 0.6 is 0 Å². The highest BCUT2D eigenvalue weighted by atomic mass is 16.5. The van der Waals surface area contributed by atoms with Gasteiger partial charge in [0.05, 0.1) is 13.2 Å². The number of aromatic amines is 4. The van der Waals surface area contributed by atoms with Crippen LogP contribution in [-0.2, 0) is 9.59 Å². The van der Waals surface area contributed by atoms with Crippen LogP contribution < -0.4 is 30.9 Å². The normalized spacial score (nSPS) is 12.6. The minimum Gasteiger partial charge on any atom is -0.494 e. The van der Waals surface area contributed by atoms with Gasteiger partial charge in [0.1, 0.15) is 11.5 Å². The van der Waals surface area contributed by atoms with E-state index in [1.807, 2.05) is 48.5 Å². The SMILES string of the molecule is CCC1=c2ccc([nH]2)=C(c2ccc(OCCCC(=O)O)cc2)c2ccc([nH]2)C(CC)=c2ccc([nH]2)=C(c2ccc(OCCCC(=O)O)cc2)c2ccc1[nH]2. The summed E-state index contributed by atoms with van der Waals surface area (Å²) in [4.78, 5) is 36.8. The third-order valence-electron chi connectivity index (χ3n) is 9.72. The summed E-state index contributed by atoms with van der Waals surface area (Å²) in [5, 5.41) is 21.9. The fourth-order valence-corrected chi connectivity index (χ4v) is 7.09. The Balaban J connectivity index is 1.35. The summed E-state index contributed by atoms with van der Waals surface area (Å²) in [7, 11) is 0. The van der Waals surface area contributed by atoms with Gasteiger partial charge in [0, 0.05) is 68.2 Å². The number of fused-ring (bicyclic) bond motifs is 8. The average Bonchev–Trinajstić information content (AvgIpc) is 4.01. The van der Waals surface area contributed by atoms with E-state index in [0.29, 0.717) is 37.6 Å². The Hall–Kier alpha value is -6.42. The van der Waals surface area contributed by atoms with Crippen LogP contribution in [0.1, 0.15) is 86.3 Å². The summed E-state index contributed by atoms with van der Waals surface area (Å²) >= 11 is 0. The van der Waals surface area contributed by atoms with Crippen molar-refractivity contribution in [2.24, 2.45) is 0 Å². The lowest BCUT2D eigenvalue weighted by Gasteiger charge is -2.10. The van der Waals surface area contributed by atoms with Crippen molar-refractivity contribution >= 4 is 34.2 Å². The number of benzene rings is 2. The summed E-state index contributed by atoms with van der Waals surface area (Å²) in [6.45, 7) is 4.99. The smallest absolute Gasteiger partial charge is 0.303 e. The Morgan fingerprint density at radius 3 is 1.22 bits per heavy atom. The van der Waals surface area contributed by atoms with Gasteiger partial charge < -0.3 is 39.6 Å². The molecular weight excluding hydrogens is 681 g/mol. The van der Waals surface area contributed by atoms with Crippen LogP contribution in [0.15, 0.2) is 97.1 Å². The van der Waals surface area contributed by atoms with Gasteiger partial charge in [0.15, 0.2) is 0 Å². The van der Waals surface area contributed by atoms with E-state index in [9.17, 15) is 9.59 Å². The molecule has 0 saturated carbocycles.